The van der Waals surface area contributed by atoms with Crippen molar-refractivity contribution in [2.24, 2.45) is 11.5 Å². The number of nitrogens with one attached hydrogen (secondary N) is 1. The minimum Gasteiger partial charge on any atom is -0.370 e. The highest BCUT2D eigenvalue weighted by molar-refractivity contribution is 8.76. The molecule has 0 heterocycles. The molecule has 5 N–H and O–H groups in total. The molecule has 3 amide bonds. The van der Waals surface area contributed by atoms with Crippen molar-refractivity contribution in [3.8, 4) is 0 Å². The van der Waals surface area contributed by atoms with E-state index in [2.05, 4.69) is 5.32 Å². The van der Waals surface area contributed by atoms with E-state index in [1.54, 1.807) is 0 Å². The van der Waals surface area contributed by atoms with E-state index in [1.807, 2.05) is 0 Å². The smallest absolute Gasteiger partial charge is 0.240 e. The Balaban J connectivity index is 3.72. The third-order valence-electron chi connectivity index (χ3n) is 1.47. The van der Waals surface area contributed by atoms with Crippen molar-refractivity contribution in [1.29, 1.82) is 0 Å². The molecule has 0 bridgehead atoms. The van der Waals surface area contributed by atoms with E-state index in [4.69, 9.17) is 11.5 Å². The van der Waals surface area contributed by atoms with Crippen molar-refractivity contribution in [2.75, 3.05) is 11.5 Å². The number of hydrogen-bond donors (Lipinski definition) is 3. The molecular formula is C8H15N3O3S2. The first kappa shape index (κ1) is 15.1. The molecule has 16 heavy (non-hydrogen) atoms. The molecule has 0 saturated heterocycles. The van der Waals surface area contributed by atoms with Gasteiger partial charge in [-0.05, 0) is 0 Å². The lowest BCUT2D eigenvalue weighted by Gasteiger charge is -2.12. The molecule has 0 aromatic heterocycles. The van der Waals surface area contributed by atoms with Crippen LogP contribution in [0.4, 0.5) is 0 Å². The zero-order chi connectivity index (χ0) is 12.6. The lowest BCUT2D eigenvalue weighted by Crippen LogP contribution is -2.45. The topological polar surface area (TPSA) is 115 Å². The number of hydrogen-bond acceptors (Lipinski definition) is 5. The summed E-state index contributed by atoms with van der Waals surface area (Å²) in [5, 5.41) is 2.44. The Morgan fingerprint density at radius 1 is 1.25 bits per heavy atom. The SMILES string of the molecule is CC(=O)N[C@@H](CSSCCC(N)=O)C(N)=O. The average Bonchev–Trinajstić information content (AvgIpc) is 2.14. The number of amides is 3. The number of carbonyl (C=O) groups excluding carboxylic acids is 3. The van der Waals surface area contributed by atoms with Gasteiger partial charge in [0.25, 0.3) is 0 Å². The zero-order valence-electron chi connectivity index (χ0n) is 8.89. The summed E-state index contributed by atoms with van der Waals surface area (Å²) < 4.78 is 0. The Bertz CT molecular complexity index is 273. The van der Waals surface area contributed by atoms with Gasteiger partial charge in [-0.3, -0.25) is 14.4 Å². The number of carbonyl (C=O) groups is 3. The molecule has 0 aromatic carbocycles. The molecule has 0 radical (unpaired) electrons. The predicted octanol–water partition coefficient (Wildman–Crippen LogP) is -0.767. The second-order valence-electron chi connectivity index (χ2n) is 2.98. The van der Waals surface area contributed by atoms with Gasteiger partial charge in [0.15, 0.2) is 0 Å². The molecule has 0 rings (SSSR count). The van der Waals surface area contributed by atoms with Crippen LogP contribution in [0.2, 0.25) is 0 Å². The summed E-state index contributed by atoms with van der Waals surface area (Å²) in [4.78, 5) is 32.1. The highest BCUT2D eigenvalue weighted by atomic mass is 33.1. The van der Waals surface area contributed by atoms with Crippen molar-refractivity contribution >= 4 is 39.3 Å². The second-order valence-corrected chi connectivity index (χ2v) is 5.61. The van der Waals surface area contributed by atoms with E-state index in [0.717, 1.165) is 0 Å². The van der Waals surface area contributed by atoms with Gasteiger partial charge in [0.2, 0.25) is 17.7 Å². The lowest BCUT2D eigenvalue weighted by molar-refractivity contribution is -0.125. The standard InChI is InChI=1S/C8H15N3O3S2/c1-5(12)11-6(8(10)14)4-16-15-3-2-7(9)13/h6H,2-4H2,1H3,(H2,9,13)(H2,10,14)(H,11,12)/t6-/m0/s1. The van der Waals surface area contributed by atoms with Crippen LogP contribution >= 0.6 is 21.6 Å². The van der Waals surface area contributed by atoms with Crippen molar-refractivity contribution in [2.45, 2.75) is 19.4 Å². The monoisotopic (exact) mass is 265 g/mol. The summed E-state index contributed by atoms with van der Waals surface area (Å²) in [6, 6.07) is -0.677. The van der Waals surface area contributed by atoms with E-state index in [9.17, 15) is 14.4 Å². The van der Waals surface area contributed by atoms with Crippen LogP contribution in [-0.4, -0.2) is 35.3 Å². The Labute approximate surface area is 102 Å². The van der Waals surface area contributed by atoms with Gasteiger partial charge in [0.05, 0.1) is 0 Å². The third-order valence-corrected chi connectivity index (χ3v) is 3.89. The second kappa shape index (κ2) is 8.28. The van der Waals surface area contributed by atoms with E-state index < -0.39 is 11.9 Å². The van der Waals surface area contributed by atoms with E-state index in [1.165, 1.54) is 28.5 Å². The summed E-state index contributed by atoms with van der Waals surface area (Å²) in [7, 11) is 2.78. The fourth-order valence-corrected chi connectivity index (χ4v) is 2.94. The van der Waals surface area contributed by atoms with Crippen LogP contribution < -0.4 is 16.8 Å². The summed E-state index contributed by atoms with van der Waals surface area (Å²) in [6.07, 6.45) is 0.291. The molecule has 1 atom stereocenters. The Kier molecular flexibility index (Phi) is 7.82. The van der Waals surface area contributed by atoms with Crippen LogP contribution in [0.3, 0.4) is 0 Å². The van der Waals surface area contributed by atoms with Gasteiger partial charge in [0, 0.05) is 24.9 Å². The van der Waals surface area contributed by atoms with Gasteiger partial charge in [-0.1, -0.05) is 21.6 Å². The van der Waals surface area contributed by atoms with E-state index in [-0.39, 0.29) is 11.8 Å². The maximum absolute atomic E-state index is 10.9. The van der Waals surface area contributed by atoms with Crippen LogP contribution in [0.25, 0.3) is 0 Å². The first-order valence-electron chi connectivity index (χ1n) is 4.52. The zero-order valence-corrected chi connectivity index (χ0v) is 10.5. The van der Waals surface area contributed by atoms with Crippen LogP contribution in [0.1, 0.15) is 13.3 Å². The third kappa shape index (κ3) is 8.42. The largest absolute Gasteiger partial charge is 0.370 e. The molecule has 92 valence electrons. The first-order valence-corrected chi connectivity index (χ1v) is 7.01. The number of nitrogens with two attached hydrogens (primary N) is 2. The highest BCUT2D eigenvalue weighted by Gasteiger charge is 2.16. The minimum atomic E-state index is -0.677. The molecule has 0 aromatic rings. The predicted molar refractivity (Wildman–Crippen MR) is 65.5 cm³/mol. The van der Waals surface area contributed by atoms with Gasteiger partial charge in [-0.2, -0.15) is 0 Å². The van der Waals surface area contributed by atoms with Gasteiger partial charge < -0.3 is 16.8 Å². The van der Waals surface area contributed by atoms with Gasteiger partial charge in [-0.25, -0.2) is 0 Å². The van der Waals surface area contributed by atoms with E-state index in [0.29, 0.717) is 17.9 Å². The minimum absolute atomic E-state index is 0.291. The summed E-state index contributed by atoms with van der Waals surface area (Å²) in [5.41, 5.74) is 10.1. The normalized spacial score (nSPS) is 11.8. The van der Waals surface area contributed by atoms with Gasteiger partial charge >= 0.3 is 0 Å². The summed E-state index contributed by atoms with van der Waals surface area (Å²) in [5.74, 6) is -0.282. The summed E-state index contributed by atoms with van der Waals surface area (Å²) in [6.45, 7) is 1.32. The Morgan fingerprint density at radius 2 is 1.88 bits per heavy atom. The molecule has 0 aliphatic heterocycles. The van der Waals surface area contributed by atoms with E-state index >= 15 is 0 Å². The van der Waals surface area contributed by atoms with Crippen LogP contribution in [0, 0.1) is 0 Å². The van der Waals surface area contributed by atoms with Crippen LogP contribution in [0.15, 0.2) is 0 Å². The highest BCUT2D eigenvalue weighted by Crippen LogP contribution is 2.22. The van der Waals surface area contributed by atoms with Crippen LogP contribution in [0.5, 0.6) is 0 Å². The molecule has 0 fully saturated rings. The molecule has 0 spiro atoms. The van der Waals surface area contributed by atoms with Gasteiger partial charge in [-0.15, -0.1) is 0 Å². The maximum Gasteiger partial charge on any atom is 0.240 e. The maximum atomic E-state index is 10.9. The van der Waals surface area contributed by atoms with Crippen molar-refractivity contribution in [3.63, 3.8) is 0 Å². The number of primary amides is 2. The molecule has 0 unspecified atom stereocenters. The quantitative estimate of drug-likeness (QED) is 0.394. The van der Waals surface area contributed by atoms with Gasteiger partial charge in [0.1, 0.15) is 6.04 Å². The lowest BCUT2D eigenvalue weighted by atomic mass is 10.3. The molecule has 0 aliphatic rings. The van der Waals surface area contributed by atoms with Crippen molar-refractivity contribution in [3.05, 3.63) is 0 Å². The average molecular weight is 265 g/mol. The fraction of sp³-hybridized carbons (Fsp3) is 0.625. The van der Waals surface area contributed by atoms with Crippen molar-refractivity contribution in [1.82, 2.24) is 5.32 Å². The van der Waals surface area contributed by atoms with Crippen LogP contribution in [-0.2, 0) is 14.4 Å². The Morgan fingerprint density at radius 3 is 2.31 bits per heavy atom. The Hall–Kier alpha value is -0.890. The molecule has 6 nitrogen and oxygen atoms in total. The molecule has 0 aliphatic carbocycles. The molecule has 8 heteroatoms. The fourth-order valence-electron chi connectivity index (χ4n) is 0.758. The first-order chi connectivity index (χ1) is 7.43. The molecule has 0 saturated carbocycles. The molecular weight excluding hydrogens is 250 g/mol. The summed E-state index contributed by atoms with van der Waals surface area (Å²) >= 11 is 0. The van der Waals surface area contributed by atoms with Crippen molar-refractivity contribution < 1.29 is 14.4 Å². The number of rotatable bonds is 8.